The first-order valence-electron chi connectivity index (χ1n) is 27.0. The third kappa shape index (κ3) is 17.1. The Hall–Kier alpha value is -6.39. The molecule has 0 aromatic heterocycles. The van der Waals surface area contributed by atoms with Gasteiger partial charge in [0.25, 0.3) is 11.9 Å². The van der Waals surface area contributed by atoms with Gasteiger partial charge in [-0.3, -0.25) is 77.2 Å². The summed E-state index contributed by atoms with van der Waals surface area (Å²) in [6, 6.07) is 0.00807. The molecule has 4 fully saturated rings. The Morgan fingerprint density at radius 3 is 2.08 bits per heavy atom. The second-order valence-electron chi connectivity index (χ2n) is 20.7. The van der Waals surface area contributed by atoms with E-state index < -0.39 is 130 Å². The molecule has 7 N–H and O–H groups in total. The van der Waals surface area contributed by atoms with Crippen LogP contribution < -0.4 is 31.5 Å². The molecule has 1 aromatic carbocycles. The van der Waals surface area contributed by atoms with Crippen LogP contribution in [0.25, 0.3) is 0 Å². The largest absolute Gasteiger partial charge is 1.15 e. The van der Waals surface area contributed by atoms with Gasteiger partial charge in [0.15, 0.2) is 0 Å². The highest BCUT2D eigenvalue weighted by atomic mass is 27.3. The number of nitrogens with one attached hydrogen (secondary N) is 5. The molecular formula is C50H71AlFN11O17. The van der Waals surface area contributed by atoms with Gasteiger partial charge in [-0.2, -0.15) is 0 Å². The number of anilines is 1. The molecule has 2 bridgehead atoms. The van der Waals surface area contributed by atoms with E-state index in [-0.39, 0.29) is 70.9 Å². The number of aryl methyl sites for hydroxylation is 1. The normalized spacial score (nSPS) is 24.9. The monoisotopic (exact) mass is 1140 g/mol. The summed E-state index contributed by atoms with van der Waals surface area (Å²) in [7, 11) is 0. The Morgan fingerprint density at radius 1 is 0.800 bits per heavy atom. The molecule has 0 saturated carbocycles. The zero-order valence-electron chi connectivity index (χ0n) is 44.9. The van der Waals surface area contributed by atoms with Crippen LogP contribution in [-0.4, -0.2) is 263 Å². The number of esters is 1. The highest BCUT2D eigenvalue weighted by Crippen LogP contribution is 2.39. The average molecular weight is 1140 g/mol. The van der Waals surface area contributed by atoms with Gasteiger partial charge in [-0.1, -0.05) is 38.5 Å². The number of carboxylic acid groups (broad SMARTS) is 1. The summed E-state index contributed by atoms with van der Waals surface area (Å²) in [4.78, 5) is 153. The predicted molar refractivity (Wildman–Crippen MR) is 276 cm³/mol. The molecule has 6 aliphatic heterocycles. The molecule has 6 aliphatic rings. The van der Waals surface area contributed by atoms with Crippen molar-refractivity contribution in [3.63, 3.8) is 0 Å². The summed E-state index contributed by atoms with van der Waals surface area (Å²) in [5.74, 6) is -7.77. The molecule has 1 aromatic rings. The second kappa shape index (κ2) is 28.8. The zero-order chi connectivity index (χ0) is 57.6. The number of carbonyl (C=O) groups is 11. The summed E-state index contributed by atoms with van der Waals surface area (Å²) >= 11 is -3.95. The van der Waals surface area contributed by atoms with E-state index in [4.69, 9.17) is 17.1 Å². The number of benzene rings is 1. The van der Waals surface area contributed by atoms with Gasteiger partial charge in [0, 0.05) is 84.8 Å². The number of hydrogen-bond donors (Lipinski definition) is 7. The van der Waals surface area contributed by atoms with Crippen molar-refractivity contribution >= 4 is 86.2 Å². The first-order valence-corrected chi connectivity index (χ1v) is 28.4. The van der Waals surface area contributed by atoms with E-state index in [2.05, 4.69) is 26.6 Å². The Balaban J connectivity index is 0.832. The molecule has 80 heavy (non-hydrogen) atoms. The number of aliphatic hydroxyl groups is 1. The van der Waals surface area contributed by atoms with Crippen molar-refractivity contribution in [1.29, 1.82) is 0 Å². The van der Waals surface area contributed by atoms with E-state index >= 15 is 0 Å². The molecular weight excluding hydrogens is 1070 g/mol. The van der Waals surface area contributed by atoms with Crippen LogP contribution in [0.15, 0.2) is 18.2 Å². The quantitative estimate of drug-likeness (QED) is 0.0345. The number of aliphatic carboxylic acids is 1. The number of aliphatic hydroxyl groups excluding tert-OH is 1. The number of fused-ring (bicyclic) bond motifs is 3. The fourth-order valence-corrected chi connectivity index (χ4v) is 11.0. The minimum Gasteiger partial charge on any atom is -0.558 e. The zero-order valence-corrected chi connectivity index (χ0v) is 46.1. The maximum absolute atomic E-state index is 14.3. The lowest BCUT2D eigenvalue weighted by molar-refractivity contribution is -0.155. The number of cyclic esters (lactones) is 1. The van der Waals surface area contributed by atoms with Gasteiger partial charge in [-0.25, -0.2) is 0 Å². The van der Waals surface area contributed by atoms with E-state index in [9.17, 15) is 66.5 Å². The SMILES string of the molecule is CC[C@H](C)[C@H](NC(=O)COCCNC(=O)[C@@H](CCC(=O)O)NC(=O)CN1CCN(C(=O)CN2CCN3CCN(CC2)CC(=O)[O][Al]([F])[O]C(=O)C3)CC1)C(=O)N[C@H]1CCc2cccc3c2N(C1=O)[C@H](C(=O)NC1CC(=O)OC1O)C3. The van der Waals surface area contributed by atoms with Gasteiger partial charge in [-0.05, 0) is 36.3 Å². The molecule has 7 rings (SSSR count). The Morgan fingerprint density at radius 2 is 1.44 bits per heavy atom. The molecule has 0 radical (unpaired) electrons. The van der Waals surface area contributed by atoms with Crippen molar-refractivity contribution in [3.05, 3.63) is 29.3 Å². The number of amides is 7. The lowest BCUT2D eigenvalue weighted by atomic mass is 9.97. The van der Waals surface area contributed by atoms with Crippen molar-refractivity contribution < 1.29 is 83.5 Å². The molecule has 6 heterocycles. The Bertz CT molecular complexity index is 2460. The number of carbonyl (C=O) groups excluding carboxylic acids is 10. The maximum atomic E-state index is 14.3. The lowest BCUT2D eigenvalue weighted by Gasteiger charge is -2.36. The molecule has 7 amide bonds. The molecule has 30 heteroatoms. The van der Waals surface area contributed by atoms with Gasteiger partial charge in [-0.15, -0.1) is 0 Å². The molecule has 438 valence electrons. The van der Waals surface area contributed by atoms with Gasteiger partial charge in [0.05, 0.1) is 44.9 Å². The first kappa shape index (κ1) is 61.2. The number of nitrogens with zero attached hydrogens (tertiary/aromatic N) is 6. The number of para-hydroxylation sites is 1. The summed E-state index contributed by atoms with van der Waals surface area (Å²) in [5, 5.41) is 32.8. The van der Waals surface area contributed by atoms with Crippen LogP contribution in [0.5, 0.6) is 0 Å². The third-order valence-corrected chi connectivity index (χ3v) is 15.9. The fourth-order valence-electron chi connectivity index (χ4n) is 10.4. The van der Waals surface area contributed by atoms with Crippen LogP contribution in [0.2, 0.25) is 0 Å². The van der Waals surface area contributed by atoms with E-state index in [0.29, 0.717) is 84.0 Å². The molecule has 28 nitrogen and oxygen atoms in total. The van der Waals surface area contributed by atoms with Crippen LogP contribution in [0.4, 0.5) is 9.21 Å². The molecule has 4 saturated heterocycles. The van der Waals surface area contributed by atoms with Crippen molar-refractivity contribution in [1.82, 2.24) is 51.1 Å². The standard InChI is InChI=1S/C50H73N11O17.Al.FH/c1-3-30(2)44(48(74)53-34-8-7-31-5-4-6-32-23-36(61(45(31)32)49(34)75)47(73)54-35-24-43(71)78-50(35)76)55-38(63)29-77-22-11-51-46(72)33(9-10-40(65)66)52-37(62)25-56-18-20-60(21-19-56)39(64)26-57-12-14-58(27-41(67)68)16-17-59(15-13-57)28-42(69)70;;/h4-6,30,33-36,44,50,76H,3,7-29H2,1-2H3,(H,51,72)(H,52,62)(H,53,74)(H,54,73)(H,55,63)(H,65,66)(H,67,68)(H,69,70);;1H/q;+3;/p-3/t30-,33+,34-,35?,36-,44-,50?;;/m0../s1. The summed E-state index contributed by atoms with van der Waals surface area (Å²) in [6.07, 6.45) is -1.24. The highest BCUT2D eigenvalue weighted by molar-refractivity contribution is 6.41. The van der Waals surface area contributed by atoms with Crippen LogP contribution in [0, 0.1) is 5.92 Å². The smallest absolute Gasteiger partial charge is 0.558 e. The summed E-state index contributed by atoms with van der Waals surface area (Å²) in [6.45, 7) is 6.01. The highest BCUT2D eigenvalue weighted by Gasteiger charge is 2.47. The summed E-state index contributed by atoms with van der Waals surface area (Å²) < 4.78 is 33.7. The number of carboxylic acids is 1. The van der Waals surface area contributed by atoms with Gasteiger partial charge >= 0.3 is 27.2 Å². The van der Waals surface area contributed by atoms with Crippen LogP contribution in [0.1, 0.15) is 57.1 Å². The number of ether oxygens (including phenoxy) is 2. The molecule has 0 aliphatic carbocycles. The molecule has 4 unspecified atom stereocenters. The van der Waals surface area contributed by atoms with E-state index in [1.54, 1.807) is 32.6 Å². The molecule has 0 spiro atoms. The minimum atomic E-state index is -3.95. The fraction of sp³-hybridized carbons (Fsp3) is 0.660. The van der Waals surface area contributed by atoms with Gasteiger partial charge < -0.3 is 62.3 Å². The number of hydrogen-bond acceptors (Lipinski definition) is 20. The van der Waals surface area contributed by atoms with Crippen molar-refractivity contribution in [2.45, 2.75) is 95.3 Å². The Labute approximate surface area is 466 Å². The summed E-state index contributed by atoms with van der Waals surface area (Å²) in [5.41, 5.74) is 2.11. The number of rotatable bonds is 21. The first-order chi connectivity index (χ1) is 38.2. The van der Waals surface area contributed by atoms with Crippen molar-refractivity contribution in [2.24, 2.45) is 5.92 Å². The average Bonchev–Trinajstić information content (AvgIpc) is 3.94. The third-order valence-electron chi connectivity index (χ3n) is 15.0. The number of halogens is 1. The number of piperazine rings is 1. The second-order valence-corrected chi connectivity index (χ2v) is 21.7. The topological polar surface area (TPSA) is 345 Å². The van der Waals surface area contributed by atoms with Crippen LogP contribution >= 0.6 is 0 Å². The molecule has 9 atom stereocenters. The predicted octanol–water partition coefficient (Wildman–Crippen LogP) is -4.74. The maximum Gasteiger partial charge on any atom is 1.15 e. The lowest BCUT2D eigenvalue weighted by Crippen LogP contribution is -2.59. The van der Waals surface area contributed by atoms with Gasteiger partial charge in [0.2, 0.25) is 47.6 Å². The van der Waals surface area contributed by atoms with Crippen LogP contribution in [0.3, 0.4) is 0 Å². The van der Waals surface area contributed by atoms with E-state index in [1.807, 2.05) is 24.0 Å². The van der Waals surface area contributed by atoms with Crippen LogP contribution in [-0.2, 0) is 82.6 Å². The van der Waals surface area contributed by atoms with Gasteiger partial charge in [0.1, 0.15) is 36.8 Å². The Kier molecular flexibility index (Phi) is 22.1. The van der Waals surface area contributed by atoms with Crippen molar-refractivity contribution in [2.75, 3.05) is 116 Å². The van der Waals surface area contributed by atoms with Crippen molar-refractivity contribution in [3.8, 4) is 0 Å². The van der Waals surface area contributed by atoms with E-state index in [0.717, 1.165) is 11.1 Å². The van der Waals surface area contributed by atoms with E-state index in [1.165, 1.54) is 4.90 Å². The minimum absolute atomic E-state index is 0.0549.